The molecule has 0 radical (unpaired) electrons. The highest BCUT2D eigenvalue weighted by molar-refractivity contribution is 5.97. The van der Waals surface area contributed by atoms with E-state index in [-0.39, 0.29) is 25.2 Å². The monoisotopic (exact) mass is 539 g/mol. The van der Waals surface area contributed by atoms with Gasteiger partial charge in [0.15, 0.2) is 12.1 Å². The van der Waals surface area contributed by atoms with Crippen molar-refractivity contribution in [1.29, 1.82) is 0 Å². The van der Waals surface area contributed by atoms with E-state index in [1.54, 1.807) is 12.1 Å². The summed E-state index contributed by atoms with van der Waals surface area (Å²) >= 11 is 0. The molecule has 39 heavy (non-hydrogen) atoms. The van der Waals surface area contributed by atoms with Gasteiger partial charge in [-0.2, -0.15) is 13.2 Å². The van der Waals surface area contributed by atoms with Gasteiger partial charge in [-0.05, 0) is 29.8 Å². The fourth-order valence-electron chi connectivity index (χ4n) is 5.66. The Labute approximate surface area is 227 Å². The van der Waals surface area contributed by atoms with E-state index >= 15 is 0 Å². The molecule has 0 aromatic heterocycles. The molecule has 3 heterocycles. The number of piperidine rings is 3. The summed E-state index contributed by atoms with van der Waals surface area (Å²) in [5.74, 6) is -0.264. The zero-order valence-electron chi connectivity index (χ0n) is 20.9. The molecule has 3 aromatic rings. The van der Waals surface area contributed by atoms with E-state index < -0.39 is 23.8 Å². The van der Waals surface area contributed by atoms with Crippen LogP contribution >= 0.6 is 0 Å². The molecule has 1 unspecified atom stereocenters. The third kappa shape index (κ3) is 6.50. The van der Waals surface area contributed by atoms with Crippen molar-refractivity contribution in [3.8, 4) is 0 Å². The van der Waals surface area contributed by atoms with Gasteiger partial charge in [-0.1, -0.05) is 68.1 Å². The third-order valence-electron chi connectivity index (χ3n) is 7.78. The third-order valence-corrected chi connectivity index (χ3v) is 7.78. The lowest BCUT2D eigenvalue weighted by atomic mass is 9.82. The molecule has 6 rings (SSSR count). The van der Waals surface area contributed by atoms with Gasteiger partial charge in [-0.3, -0.25) is 4.79 Å². The average molecular weight is 540 g/mol. The molecule has 5 nitrogen and oxygen atoms in total. The second-order valence-corrected chi connectivity index (χ2v) is 10.3. The molecule has 3 saturated heterocycles. The number of halogens is 3. The number of carbonyl (C=O) groups excluding carboxylic acids is 2. The first-order chi connectivity index (χ1) is 18.2. The predicted octanol–water partition coefficient (Wildman–Crippen LogP) is 6.53. The molecule has 3 aliphatic rings. The Morgan fingerprint density at radius 3 is 2.08 bits per heavy atom. The fourth-order valence-corrected chi connectivity index (χ4v) is 5.66. The van der Waals surface area contributed by atoms with Crippen molar-refractivity contribution in [2.45, 2.75) is 38.6 Å². The summed E-state index contributed by atoms with van der Waals surface area (Å²) in [7, 11) is 0. The molecule has 2 bridgehead atoms. The Morgan fingerprint density at radius 2 is 1.49 bits per heavy atom. The number of carbonyl (C=O) groups is 2. The Hall–Kier alpha value is -3.65. The summed E-state index contributed by atoms with van der Waals surface area (Å²) in [5.41, 5.74) is 0.937. The number of rotatable bonds is 8. The zero-order valence-corrected chi connectivity index (χ0v) is 20.9. The van der Waals surface area contributed by atoms with E-state index in [2.05, 4.69) is 5.32 Å². The van der Waals surface area contributed by atoms with Crippen molar-refractivity contribution in [2.24, 2.45) is 5.92 Å². The highest BCUT2D eigenvalue weighted by atomic mass is 19.4. The molecule has 8 heteroatoms. The van der Waals surface area contributed by atoms with Crippen LogP contribution in [0.5, 0.6) is 0 Å². The van der Waals surface area contributed by atoms with E-state index in [0.29, 0.717) is 34.4 Å². The molecule has 206 valence electrons. The highest BCUT2D eigenvalue weighted by Gasteiger charge is 2.49. The number of ketones is 1. The molecule has 0 aliphatic carbocycles. The maximum Gasteiger partial charge on any atom is 0.416 e. The van der Waals surface area contributed by atoms with Crippen LogP contribution in [0, 0.1) is 5.92 Å². The number of ether oxygens (including phenoxy) is 1. The summed E-state index contributed by atoms with van der Waals surface area (Å²) in [6.45, 7) is 2.64. The first-order valence-electron chi connectivity index (χ1n) is 12.9. The van der Waals surface area contributed by atoms with Crippen LogP contribution in [0.4, 0.5) is 18.9 Å². The molecule has 3 aromatic carbocycles. The van der Waals surface area contributed by atoms with Crippen molar-refractivity contribution in [3.63, 3.8) is 0 Å². The van der Waals surface area contributed by atoms with Gasteiger partial charge in [0.1, 0.15) is 13.1 Å². The number of nitrogens with one attached hydrogen (secondary N) is 1. The van der Waals surface area contributed by atoms with Gasteiger partial charge >= 0.3 is 12.1 Å². The highest BCUT2D eigenvalue weighted by Crippen LogP contribution is 2.37. The van der Waals surface area contributed by atoms with E-state index in [0.717, 1.165) is 38.1 Å². The normalized spacial score (nSPS) is 22.8. The van der Waals surface area contributed by atoms with E-state index in [1.807, 2.05) is 48.5 Å². The molecule has 3 fully saturated rings. The minimum atomic E-state index is -4.47. The average Bonchev–Trinajstić information content (AvgIpc) is 2.93. The Balaban J connectivity index is 0.00000353. The van der Waals surface area contributed by atoms with Crippen LogP contribution in [0.15, 0.2) is 84.9 Å². The minimum absolute atomic E-state index is 0. The van der Waals surface area contributed by atoms with Crippen molar-refractivity contribution in [2.75, 3.05) is 31.5 Å². The fraction of sp³-hybridized carbons (Fsp3) is 0.355. The topological polar surface area (TPSA) is 55.4 Å². The quantitative estimate of drug-likeness (QED) is 0.201. The van der Waals surface area contributed by atoms with Crippen LogP contribution in [0.25, 0.3) is 0 Å². The molecule has 2 atom stereocenters. The maximum absolute atomic E-state index is 13.5. The first-order valence-corrected chi connectivity index (χ1v) is 12.9. The SMILES string of the molecule is C.O=C(C[N+]12CCC(CC1)[C@@H](OC(=O)C(Nc1ccccc1)c1ccc(C(F)(F)F)cc1)C2)c1ccccc1. The largest absolute Gasteiger partial charge is 0.454 e. The molecule has 0 spiro atoms. The Bertz CT molecular complexity index is 1260. The molecule has 3 aliphatic heterocycles. The molecular weight excluding hydrogens is 505 g/mol. The number of fused-ring (bicyclic) bond motifs is 3. The van der Waals surface area contributed by atoms with Crippen LogP contribution in [-0.4, -0.2) is 48.5 Å². The number of quaternary nitrogens is 1. The number of benzene rings is 3. The Kier molecular flexibility index (Phi) is 8.45. The van der Waals surface area contributed by atoms with Gasteiger partial charge in [-0.25, -0.2) is 4.79 Å². The number of alkyl halides is 3. The summed E-state index contributed by atoms with van der Waals surface area (Å²) in [6, 6.07) is 21.8. The summed E-state index contributed by atoms with van der Waals surface area (Å²) in [6.07, 6.45) is -3.11. The lowest BCUT2D eigenvalue weighted by molar-refractivity contribution is -0.938. The number of nitrogens with zero attached hydrogens (tertiary/aromatic N) is 1. The molecule has 1 N–H and O–H groups in total. The van der Waals surface area contributed by atoms with Crippen LogP contribution in [-0.2, 0) is 15.7 Å². The zero-order chi connectivity index (χ0) is 26.8. The lowest BCUT2D eigenvalue weighted by Crippen LogP contribution is -2.65. The molecular formula is C31H34F3N2O3+. The number of para-hydroxylation sites is 1. The number of hydrogen-bond acceptors (Lipinski definition) is 4. The van der Waals surface area contributed by atoms with Crippen molar-refractivity contribution >= 4 is 17.4 Å². The van der Waals surface area contributed by atoms with Gasteiger partial charge in [-0.15, -0.1) is 0 Å². The summed E-state index contributed by atoms with van der Waals surface area (Å²) < 4.78 is 46.0. The van der Waals surface area contributed by atoms with Crippen LogP contribution < -0.4 is 5.32 Å². The molecule has 0 saturated carbocycles. The second kappa shape index (κ2) is 11.6. The first kappa shape index (κ1) is 28.4. The Morgan fingerprint density at radius 1 is 0.897 bits per heavy atom. The van der Waals surface area contributed by atoms with Gasteiger partial charge in [0.25, 0.3) is 0 Å². The van der Waals surface area contributed by atoms with E-state index in [1.165, 1.54) is 12.1 Å². The van der Waals surface area contributed by atoms with Crippen LogP contribution in [0.2, 0.25) is 0 Å². The van der Waals surface area contributed by atoms with Crippen LogP contribution in [0.3, 0.4) is 0 Å². The smallest absolute Gasteiger partial charge is 0.416 e. The second-order valence-electron chi connectivity index (χ2n) is 10.3. The number of esters is 1. The standard InChI is InChI=1S/C30H30F3N2O3.CH4/c31-30(32,33)24-13-11-23(12-14-24)28(34-25-9-5-2-6-10-25)29(37)38-27-20-35(17-15-22(27)16-18-35)19-26(36)21-7-3-1-4-8-21;/h1-14,22,27-28,34H,15-20H2;1H4/q+1;/t22?,27-,28?,35?;/m0./s1. The molecule has 0 amide bonds. The maximum atomic E-state index is 13.5. The summed E-state index contributed by atoms with van der Waals surface area (Å²) in [4.78, 5) is 26.5. The lowest BCUT2D eigenvalue weighted by Gasteiger charge is -2.51. The van der Waals surface area contributed by atoms with Crippen molar-refractivity contribution in [1.82, 2.24) is 0 Å². The predicted molar refractivity (Wildman–Crippen MR) is 144 cm³/mol. The summed E-state index contributed by atoms with van der Waals surface area (Å²) in [5, 5.41) is 3.14. The van der Waals surface area contributed by atoms with Crippen LogP contribution in [0.1, 0.15) is 47.8 Å². The van der Waals surface area contributed by atoms with Gasteiger partial charge in [0.2, 0.25) is 5.78 Å². The van der Waals surface area contributed by atoms with Crippen molar-refractivity contribution in [3.05, 3.63) is 102 Å². The number of Topliss-reactive ketones (excluding diaryl/α,β-unsaturated/α-hetero) is 1. The van der Waals surface area contributed by atoms with Crippen molar-refractivity contribution < 1.29 is 32.0 Å². The van der Waals surface area contributed by atoms with Gasteiger partial charge in [0, 0.05) is 30.0 Å². The van der Waals surface area contributed by atoms with Gasteiger partial charge < -0.3 is 14.5 Å². The van der Waals surface area contributed by atoms with E-state index in [9.17, 15) is 22.8 Å². The van der Waals surface area contributed by atoms with E-state index in [4.69, 9.17) is 4.74 Å². The number of hydrogen-bond donors (Lipinski definition) is 1. The van der Waals surface area contributed by atoms with Gasteiger partial charge in [0.05, 0.1) is 18.7 Å². The minimum Gasteiger partial charge on any atom is -0.454 e. The number of anilines is 1.